The molecule has 0 unspecified atom stereocenters. The number of amides is 2. The molecule has 0 radical (unpaired) electrons. The summed E-state index contributed by atoms with van der Waals surface area (Å²) in [5.74, 6) is 0. The SMILES string of the molecule is CN(C)c1ccc(N(CCNC(=O)NC2CCCCC2)S(C)(=O)=O)cc1. The number of hydrogen-bond donors (Lipinski definition) is 2. The maximum absolute atomic E-state index is 12.1. The normalized spacial score (nSPS) is 15.3. The number of anilines is 2. The number of nitrogens with one attached hydrogen (secondary N) is 2. The Balaban J connectivity index is 1.90. The summed E-state index contributed by atoms with van der Waals surface area (Å²) in [7, 11) is 0.429. The molecule has 1 fully saturated rings. The summed E-state index contributed by atoms with van der Waals surface area (Å²) in [4.78, 5) is 14.0. The number of benzene rings is 1. The molecule has 1 aromatic rings. The van der Waals surface area contributed by atoms with Crippen LogP contribution in [0.1, 0.15) is 32.1 Å². The Kier molecular flexibility index (Phi) is 7.14. The Labute approximate surface area is 156 Å². The van der Waals surface area contributed by atoms with E-state index in [9.17, 15) is 13.2 Å². The summed E-state index contributed by atoms with van der Waals surface area (Å²) >= 11 is 0. The van der Waals surface area contributed by atoms with Gasteiger partial charge in [0.1, 0.15) is 0 Å². The van der Waals surface area contributed by atoms with Crippen molar-refractivity contribution < 1.29 is 13.2 Å². The molecule has 2 rings (SSSR count). The Hall–Kier alpha value is -1.96. The minimum absolute atomic E-state index is 0.193. The first-order valence-electron chi connectivity index (χ1n) is 9.07. The van der Waals surface area contributed by atoms with Crippen LogP contribution in [0.15, 0.2) is 24.3 Å². The van der Waals surface area contributed by atoms with Gasteiger partial charge in [0.2, 0.25) is 10.0 Å². The molecule has 2 N–H and O–H groups in total. The minimum Gasteiger partial charge on any atom is -0.378 e. The van der Waals surface area contributed by atoms with Gasteiger partial charge in [-0.25, -0.2) is 13.2 Å². The second-order valence-electron chi connectivity index (χ2n) is 6.98. The first kappa shape index (κ1) is 20.4. The van der Waals surface area contributed by atoms with E-state index in [-0.39, 0.29) is 25.2 Å². The third-order valence-corrected chi connectivity index (χ3v) is 5.79. The molecule has 0 atom stereocenters. The Bertz CT molecular complexity index is 683. The quantitative estimate of drug-likeness (QED) is 0.757. The highest BCUT2D eigenvalue weighted by molar-refractivity contribution is 7.92. The minimum atomic E-state index is -3.43. The highest BCUT2D eigenvalue weighted by atomic mass is 32.2. The molecule has 146 valence electrons. The fraction of sp³-hybridized carbons (Fsp3) is 0.611. The summed E-state index contributed by atoms with van der Waals surface area (Å²) in [6.45, 7) is 0.444. The van der Waals surface area contributed by atoms with Gasteiger partial charge in [-0.2, -0.15) is 0 Å². The van der Waals surface area contributed by atoms with Gasteiger partial charge in [0, 0.05) is 32.4 Å². The molecule has 0 saturated heterocycles. The van der Waals surface area contributed by atoms with E-state index >= 15 is 0 Å². The van der Waals surface area contributed by atoms with Crippen molar-refractivity contribution >= 4 is 27.4 Å². The van der Waals surface area contributed by atoms with Crippen molar-refractivity contribution in [3.05, 3.63) is 24.3 Å². The molecule has 0 spiro atoms. The van der Waals surface area contributed by atoms with Crippen LogP contribution in [-0.4, -0.2) is 53.9 Å². The summed E-state index contributed by atoms with van der Waals surface area (Å²) in [6, 6.07) is 7.30. The van der Waals surface area contributed by atoms with E-state index in [1.807, 2.05) is 31.1 Å². The molecular weight excluding hydrogens is 352 g/mol. The van der Waals surface area contributed by atoms with E-state index in [1.54, 1.807) is 12.1 Å². The van der Waals surface area contributed by atoms with E-state index in [0.29, 0.717) is 5.69 Å². The number of hydrogen-bond acceptors (Lipinski definition) is 4. The molecule has 0 heterocycles. The zero-order valence-electron chi connectivity index (χ0n) is 15.9. The van der Waals surface area contributed by atoms with Crippen molar-refractivity contribution in [1.29, 1.82) is 0 Å². The average molecular weight is 383 g/mol. The van der Waals surface area contributed by atoms with Crippen LogP contribution in [0.2, 0.25) is 0 Å². The molecule has 0 aromatic heterocycles. The number of rotatable bonds is 7. The zero-order chi connectivity index (χ0) is 19.2. The van der Waals surface area contributed by atoms with Gasteiger partial charge in [-0.1, -0.05) is 19.3 Å². The number of urea groups is 1. The van der Waals surface area contributed by atoms with Crippen molar-refractivity contribution in [1.82, 2.24) is 10.6 Å². The standard InChI is InChI=1S/C18H30N4O3S/c1-21(2)16-9-11-17(12-10-16)22(26(3,24)25)14-13-19-18(23)20-15-7-5-4-6-8-15/h9-12,15H,4-8,13-14H2,1-3H3,(H2,19,20,23). The van der Waals surface area contributed by atoms with Crippen molar-refractivity contribution in [2.45, 2.75) is 38.1 Å². The van der Waals surface area contributed by atoms with Crippen LogP contribution in [-0.2, 0) is 10.0 Å². The lowest BCUT2D eigenvalue weighted by Gasteiger charge is -2.25. The largest absolute Gasteiger partial charge is 0.378 e. The average Bonchev–Trinajstić information content (AvgIpc) is 2.58. The summed E-state index contributed by atoms with van der Waals surface area (Å²) in [5, 5.41) is 5.74. The van der Waals surface area contributed by atoms with Crippen LogP contribution in [0.25, 0.3) is 0 Å². The molecule has 1 aliphatic rings. The zero-order valence-corrected chi connectivity index (χ0v) is 16.7. The van der Waals surface area contributed by atoms with E-state index in [2.05, 4.69) is 10.6 Å². The molecule has 2 amide bonds. The van der Waals surface area contributed by atoms with Gasteiger partial charge < -0.3 is 15.5 Å². The Morgan fingerprint density at radius 2 is 1.65 bits per heavy atom. The van der Waals surface area contributed by atoms with Crippen LogP contribution < -0.4 is 19.8 Å². The number of carbonyl (C=O) groups is 1. The first-order valence-corrected chi connectivity index (χ1v) is 10.9. The van der Waals surface area contributed by atoms with E-state index in [4.69, 9.17) is 0 Å². The second kappa shape index (κ2) is 9.12. The molecule has 0 bridgehead atoms. The fourth-order valence-electron chi connectivity index (χ4n) is 3.16. The van der Waals surface area contributed by atoms with Gasteiger partial charge in [-0.15, -0.1) is 0 Å². The van der Waals surface area contributed by atoms with Crippen LogP contribution in [0.5, 0.6) is 0 Å². The van der Waals surface area contributed by atoms with Crippen LogP contribution in [0, 0.1) is 0 Å². The van der Waals surface area contributed by atoms with Crippen LogP contribution in [0.4, 0.5) is 16.2 Å². The lowest BCUT2D eigenvalue weighted by molar-refractivity contribution is 0.233. The smallest absolute Gasteiger partial charge is 0.315 e. The summed E-state index contributed by atoms with van der Waals surface area (Å²) in [5.41, 5.74) is 1.58. The van der Waals surface area contributed by atoms with Gasteiger partial charge in [0.05, 0.1) is 18.5 Å². The monoisotopic (exact) mass is 382 g/mol. The topological polar surface area (TPSA) is 81.8 Å². The molecule has 26 heavy (non-hydrogen) atoms. The third kappa shape index (κ3) is 6.09. The summed E-state index contributed by atoms with van der Waals surface area (Å²) < 4.78 is 25.6. The molecule has 0 aliphatic heterocycles. The molecule has 8 heteroatoms. The van der Waals surface area contributed by atoms with Gasteiger partial charge in [-0.3, -0.25) is 4.31 Å². The lowest BCUT2D eigenvalue weighted by Crippen LogP contribution is -2.45. The number of nitrogens with zero attached hydrogens (tertiary/aromatic N) is 2. The van der Waals surface area contributed by atoms with Crippen molar-refractivity contribution in [2.24, 2.45) is 0 Å². The Morgan fingerprint density at radius 1 is 1.08 bits per heavy atom. The van der Waals surface area contributed by atoms with Crippen molar-refractivity contribution in [3.8, 4) is 0 Å². The first-order chi connectivity index (χ1) is 12.3. The fourth-order valence-corrected chi connectivity index (χ4v) is 4.09. The third-order valence-electron chi connectivity index (χ3n) is 4.60. The molecular formula is C18H30N4O3S. The highest BCUT2D eigenvalue weighted by Gasteiger charge is 2.19. The van der Waals surface area contributed by atoms with Gasteiger partial charge >= 0.3 is 6.03 Å². The van der Waals surface area contributed by atoms with Crippen LogP contribution in [0.3, 0.4) is 0 Å². The van der Waals surface area contributed by atoms with E-state index in [1.165, 1.54) is 17.0 Å². The Morgan fingerprint density at radius 3 is 2.19 bits per heavy atom. The maximum atomic E-state index is 12.1. The predicted octanol–water partition coefficient (Wildman–Crippen LogP) is 2.15. The van der Waals surface area contributed by atoms with Gasteiger partial charge in [0.25, 0.3) is 0 Å². The molecule has 1 saturated carbocycles. The molecule has 7 nitrogen and oxygen atoms in total. The van der Waals surface area contributed by atoms with Gasteiger partial charge in [-0.05, 0) is 37.1 Å². The molecule has 1 aliphatic carbocycles. The van der Waals surface area contributed by atoms with Gasteiger partial charge in [0.15, 0.2) is 0 Å². The molecule has 1 aromatic carbocycles. The predicted molar refractivity (Wildman–Crippen MR) is 106 cm³/mol. The second-order valence-corrected chi connectivity index (χ2v) is 8.89. The summed E-state index contributed by atoms with van der Waals surface area (Å²) in [6.07, 6.45) is 6.73. The number of carbonyl (C=O) groups excluding carboxylic acids is 1. The van der Waals surface area contributed by atoms with E-state index in [0.717, 1.165) is 31.4 Å². The number of sulfonamides is 1. The van der Waals surface area contributed by atoms with Crippen molar-refractivity contribution in [3.63, 3.8) is 0 Å². The van der Waals surface area contributed by atoms with Crippen LogP contribution >= 0.6 is 0 Å². The maximum Gasteiger partial charge on any atom is 0.315 e. The van der Waals surface area contributed by atoms with E-state index < -0.39 is 10.0 Å². The van der Waals surface area contributed by atoms with Crippen molar-refractivity contribution in [2.75, 3.05) is 42.6 Å². The highest BCUT2D eigenvalue weighted by Crippen LogP contribution is 2.21. The lowest BCUT2D eigenvalue weighted by atomic mass is 9.96.